The summed E-state index contributed by atoms with van der Waals surface area (Å²) in [7, 11) is 0. The molecule has 0 bridgehead atoms. The van der Waals surface area contributed by atoms with Gasteiger partial charge in [0.1, 0.15) is 11.4 Å². The first kappa shape index (κ1) is 26.1. The van der Waals surface area contributed by atoms with Crippen LogP contribution in [0.4, 0.5) is 13.2 Å². The molecule has 0 N–H and O–H groups in total. The SMILES string of the molecule is CCOC(=O)C(C)(C)n1cc(-c2ccn3c(-c4cccc(CC(=O)CCC(F)(F)F)c4)cnc3c2)cn1. The Morgan fingerprint density at radius 1 is 1.03 bits per heavy atom. The second-order valence-electron chi connectivity index (χ2n) is 9.27. The number of Topliss-reactive ketones (excluding diaryl/α,β-unsaturated/α-hetero) is 1. The zero-order valence-corrected chi connectivity index (χ0v) is 20.7. The van der Waals surface area contributed by atoms with Gasteiger partial charge in [-0.3, -0.25) is 13.9 Å². The van der Waals surface area contributed by atoms with Crippen molar-refractivity contribution in [1.82, 2.24) is 19.2 Å². The molecule has 0 aliphatic rings. The van der Waals surface area contributed by atoms with Crippen LogP contribution in [0.3, 0.4) is 0 Å². The van der Waals surface area contributed by atoms with Gasteiger partial charge in [0.2, 0.25) is 0 Å². The van der Waals surface area contributed by atoms with Gasteiger partial charge in [0.05, 0.1) is 31.1 Å². The van der Waals surface area contributed by atoms with Crippen LogP contribution in [0.25, 0.3) is 28.0 Å². The predicted molar refractivity (Wildman–Crippen MR) is 132 cm³/mol. The van der Waals surface area contributed by atoms with Crippen LogP contribution in [-0.4, -0.2) is 43.7 Å². The zero-order valence-electron chi connectivity index (χ0n) is 20.7. The van der Waals surface area contributed by atoms with Crippen LogP contribution in [-0.2, 0) is 26.3 Å². The monoisotopic (exact) mass is 512 g/mol. The number of benzene rings is 1. The van der Waals surface area contributed by atoms with Gasteiger partial charge in [0.15, 0.2) is 5.54 Å². The third kappa shape index (κ3) is 5.90. The molecule has 0 aliphatic heterocycles. The average Bonchev–Trinajstić information content (AvgIpc) is 3.50. The Balaban J connectivity index is 1.55. The number of pyridine rings is 1. The van der Waals surface area contributed by atoms with E-state index in [1.165, 1.54) is 0 Å². The van der Waals surface area contributed by atoms with Gasteiger partial charge in [0.25, 0.3) is 0 Å². The molecule has 0 radical (unpaired) electrons. The third-order valence-electron chi connectivity index (χ3n) is 6.09. The second kappa shape index (κ2) is 10.2. The number of carbonyl (C=O) groups excluding carboxylic acids is 2. The molecule has 0 atom stereocenters. The number of esters is 1. The Morgan fingerprint density at radius 3 is 2.54 bits per heavy atom. The maximum Gasteiger partial charge on any atom is 0.389 e. The smallest absolute Gasteiger partial charge is 0.389 e. The van der Waals surface area contributed by atoms with E-state index in [9.17, 15) is 22.8 Å². The van der Waals surface area contributed by atoms with Gasteiger partial charge in [-0.2, -0.15) is 18.3 Å². The molecule has 4 aromatic rings. The molecule has 3 aromatic heterocycles. The summed E-state index contributed by atoms with van der Waals surface area (Å²) in [5.41, 5.74) is 3.61. The average molecular weight is 513 g/mol. The van der Waals surface area contributed by atoms with Crippen molar-refractivity contribution in [2.24, 2.45) is 0 Å². The minimum absolute atomic E-state index is 0.0586. The Kier molecular flexibility index (Phi) is 7.20. The minimum atomic E-state index is -4.34. The summed E-state index contributed by atoms with van der Waals surface area (Å²) >= 11 is 0. The number of halogens is 3. The lowest BCUT2D eigenvalue weighted by Gasteiger charge is -2.22. The van der Waals surface area contributed by atoms with E-state index in [0.717, 1.165) is 22.4 Å². The lowest BCUT2D eigenvalue weighted by molar-refractivity contribution is -0.152. The van der Waals surface area contributed by atoms with Crippen molar-refractivity contribution in [3.63, 3.8) is 0 Å². The lowest BCUT2D eigenvalue weighted by atomic mass is 10.0. The quantitative estimate of drug-likeness (QED) is 0.272. The molecule has 0 spiro atoms. The van der Waals surface area contributed by atoms with Crippen LogP contribution >= 0.6 is 0 Å². The number of ether oxygens (including phenoxy) is 1. The van der Waals surface area contributed by atoms with Crippen molar-refractivity contribution < 1.29 is 27.5 Å². The summed E-state index contributed by atoms with van der Waals surface area (Å²) < 4.78 is 45.9. The molecule has 0 unspecified atom stereocenters. The van der Waals surface area contributed by atoms with E-state index in [-0.39, 0.29) is 19.0 Å². The highest BCUT2D eigenvalue weighted by Crippen LogP contribution is 2.28. The van der Waals surface area contributed by atoms with Gasteiger partial charge >= 0.3 is 12.1 Å². The number of nitrogens with zero attached hydrogens (tertiary/aromatic N) is 4. The summed E-state index contributed by atoms with van der Waals surface area (Å²) in [5.74, 6) is -0.828. The Labute approximate surface area is 211 Å². The van der Waals surface area contributed by atoms with Gasteiger partial charge < -0.3 is 4.74 Å². The van der Waals surface area contributed by atoms with E-state index in [0.29, 0.717) is 11.2 Å². The van der Waals surface area contributed by atoms with Crippen LogP contribution in [0.2, 0.25) is 0 Å². The van der Waals surface area contributed by atoms with Gasteiger partial charge in [-0.15, -0.1) is 0 Å². The maximum absolute atomic E-state index is 12.4. The number of aromatic nitrogens is 4. The molecular formula is C27H27F3N4O3. The first-order valence-electron chi connectivity index (χ1n) is 11.9. The summed E-state index contributed by atoms with van der Waals surface area (Å²) in [6, 6.07) is 11.0. The molecule has 0 amide bonds. The molecule has 194 valence electrons. The number of rotatable bonds is 9. The molecule has 7 nitrogen and oxygen atoms in total. The number of imidazole rings is 1. The summed E-state index contributed by atoms with van der Waals surface area (Å²) in [6.45, 7) is 5.52. The summed E-state index contributed by atoms with van der Waals surface area (Å²) in [4.78, 5) is 28.8. The van der Waals surface area contributed by atoms with Crippen LogP contribution < -0.4 is 0 Å². The van der Waals surface area contributed by atoms with Crippen molar-refractivity contribution in [1.29, 1.82) is 0 Å². The Bertz CT molecular complexity index is 1440. The first-order chi connectivity index (χ1) is 17.5. The predicted octanol–water partition coefficient (Wildman–Crippen LogP) is 5.62. The van der Waals surface area contributed by atoms with Crippen molar-refractivity contribution in [3.8, 4) is 22.4 Å². The van der Waals surface area contributed by atoms with E-state index in [1.54, 1.807) is 62.2 Å². The summed E-state index contributed by atoms with van der Waals surface area (Å²) in [6.07, 6.45) is 0.987. The fourth-order valence-electron chi connectivity index (χ4n) is 3.99. The van der Waals surface area contributed by atoms with E-state index >= 15 is 0 Å². The Hall–Kier alpha value is -3.95. The molecular weight excluding hydrogens is 485 g/mol. The van der Waals surface area contributed by atoms with Crippen LogP contribution in [0.5, 0.6) is 0 Å². The molecule has 4 rings (SSSR count). The highest BCUT2D eigenvalue weighted by atomic mass is 19.4. The number of ketones is 1. The number of carbonyl (C=O) groups is 2. The molecule has 0 fully saturated rings. The zero-order chi connectivity index (χ0) is 26.8. The number of hydrogen-bond donors (Lipinski definition) is 0. The largest absolute Gasteiger partial charge is 0.464 e. The van der Waals surface area contributed by atoms with Crippen molar-refractivity contribution in [3.05, 3.63) is 66.7 Å². The van der Waals surface area contributed by atoms with Crippen LogP contribution in [0.15, 0.2) is 61.2 Å². The van der Waals surface area contributed by atoms with E-state index in [2.05, 4.69) is 10.1 Å². The van der Waals surface area contributed by atoms with Gasteiger partial charge in [-0.05, 0) is 50.1 Å². The van der Waals surface area contributed by atoms with Crippen molar-refractivity contribution in [2.75, 3.05) is 6.61 Å². The number of hydrogen-bond acceptors (Lipinski definition) is 5. The minimum Gasteiger partial charge on any atom is -0.464 e. The molecule has 1 aromatic carbocycles. The molecule has 37 heavy (non-hydrogen) atoms. The fourth-order valence-corrected chi connectivity index (χ4v) is 3.99. The Morgan fingerprint density at radius 2 is 1.81 bits per heavy atom. The lowest BCUT2D eigenvalue weighted by Crippen LogP contribution is -2.37. The van der Waals surface area contributed by atoms with Crippen LogP contribution in [0, 0.1) is 0 Å². The van der Waals surface area contributed by atoms with Crippen molar-refractivity contribution in [2.45, 2.75) is 51.7 Å². The van der Waals surface area contributed by atoms with Crippen molar-refractivity contribution >= 4 is 17.4 Å². The molecule has 3 heterocycles. The topological polar surface area (TPSA) is 78.5 Å². The van der Waals surface area contributed by atoms with E-state index < -0.39 is 30.3 Å². The van der Waals surface area contributed by atoms with Gasteiger partial charge in [-0.25, -0.2) is 9.78 Å². The van der Waals surface area contributed by atoms with E-state index in [1.807, 2.05) is 28.8 Å². The molecule has 10 heteroatoms. The molecule has 0 saturated carbocycles. The molecule has 0 saturated heterocycles. The van der Waals surface area contributed by atoms with Gasteiger partial charge in [0, 0.05) is 36.4 Å². The standard InChI is InChI=1S/C27H27F3N4O3/c1-4-37-25(36)26(2,3)34-17-21(15-32-34)19-9-11-33-23(16-31-24(33)14-19)20-7-5-6-18(12-20)13-22(35)8-10-27(28,29)30/h5-7,9,11-12,14-17H,4,8,10,13H2,1-3H3. The highest BCUT2D eigenvalue weighted by Gasteiger charge is 2.32. The maximum atomic E-state index is 12.4. The van der Waals surface area contributed by atoms with Crippen LogP contribution in [0.1, 0.15) is 39.2 Å². The molecule has 0 aliphatic carbocycles. The van der Waals surface area contributed by atoms with Gasteiger partial charge in [-0.1, -0.05) is 18.2 Å². The normalized spacial score (nSPS) is 12.2. The summed E-state index contributed by atoms with van der Waals surface area (Å²) in [5, 5.41) is 4.36. The highest BCUT2D eigenvalue weighted by molar-refractivity contribution is 5.81. The fraction of sp³-hybridized carbons (Fsp3) is 0.333. The third-order valence-corrected chi connectivity index (χ3v) is 6.09. The number of fused-ring (bicyclic) bond motifs is 1. The second-order valence-corrected chi connectivity index (χ2v) is 9.27. The first-order valence-corrected chi connectivity index (χ1v) is 11.9. The van der Waals surface area contributed by atoms with E-state index in [4.69, 9.17) is 4.74 Å². The number of alkyl halides is 3.